The minimum Gasteiger partial charge on any atom is -0.508 e. The van der Waals surface area contributed by atoms with Crippen LogP contribution in [0, 0.1) is 0 Å². The summed E-state index contributed by atoms with van der Waals surface area (Å²) >= 11 is 24.4. The van der Waals surface area contributed by atoms with E-state index in [0.717, 1.165) is 12.1 Å². The number of phenols is 2. The Bertz CT molecular complexity index is 1210. The molecule has 3 aromatic carbocycles. The molecule has 152 valence electrons. The van der Waals surface area contributed by atoms with E-state index in [-0.39, 0.29) is 36.8 Å². The Morgan fingerprint density at radius 2 is 1.38 bits per heavy atom. The summed E-state index contributed by atoms with van der Waals surface area (Å²) in [5.41, 5.74) is -0.531. The maximum absolute atomic E-state index is 13.0. The van der Waals surface area contributed by atoms with Gasteiger partial charge in [0.05, 0.1) is 5.02 Å². The average molecular weight is 494 g/mol. The van der Waals surface area contributed by atoms with Crippen LogP contribution < -0.4 is 0 Å². The molecule has 0 bridgehead atoms. The van der Waals surface area contributed by atoms with Crippen LogP contribution in [-0.4, -0.2) is 23.2 Å². The third-order valence-corrected chi connectivity index (χ3v) is 6.91. The number of hydrogen-bond donors (Lipinski definition) is 3. The number of benzene rings is 3. The highest BCUT2D eigenvalue weighted by Crippen LogP contribution is 2.51. The predicted octanol–water partition coefficient (Wildman–Crippen LogP) is 5.89. The van der Waals surface area contributed by atoms with E-state index in [2.05, 4.69) is 0 Å². The monoisotopic (exact) mass is 492 g/mol. The van der Waals surface area contributed by atoms with E-state index in [9.17, 15) is 23.2 Å². The van der Waals surface area contributed by atoms with Crippen molar-refractivity contribution >= 4 is 56.5 Å². The fourth-order valence-corrected chi connectivity index (χ4v) is 5.38. The van der Waals surface area contributed by atoms with Crippen LogP contribution in [0.4, 0.5) is 0 Å². The summed E-state index contributed by atoms with van der Waals surface area (Å²) in [4.78, 5) is 0. The molecular formula is C19H12Cl4O5S. The SMILES string of the molecule is O=S(=O)(O)C(c1cccc(Cl)c1)(c1cc(Cl)ccc1O)c1cc(Cl)c(O)cc1Cl. The summed E-state index contributed by atoms with van der Waals surface area (Å²) in [7, 11) is -5.10. The van der Waals surface area contributed by atoms with Gasteiger partial charge in [0, 0.05) is 32.3 Å². The van der Waals surface area contributed by atoms with Crippen LogP contribution in [0.15, 0.2) is 54.6 Å². The number of halogens is 4. The molecule has 0 fully saturated rings. The molecule has 1 atom stereocenters. The molecule has 3 aromatic rings. The predicted molar refractivity (Wildman–Crippen MR) is 114 cm³/mol. The third kappa shape index (κ3) is 3.77. The fraction of sp³-hybridized carbons (Fsp3) is 0.0526. The zero-order valence-corrected chi connectivity index (χ0v) is 18.1. The van der Waals surface area contributed by atoms with Gasteiger partial charge in [-0.15, -0.1) is 0 Å². The van der Waals surface area contributed by atoms with Crippen LogP contribution in [0.5, 0.6) is 11.5 Å². The van der Waals surface area contributed by atoms with E-state index in [4.69, 9.17) is 46.4 Å². The summed E-state index contributed by atoms with van der Waals surface area (Å²) in [5, 5.41) is 20.2. The Labute approximate surface area is 186 Å². The molecule has 5 nitrogen and oxygen atoms in total. The Balaban J connectivity index is 2.63. The minimum atomic E-state index is -5.10. The zero-order valence-electron chi connectivity index (χ0n) is 14.3. The first-order chi connectivity index (χ1) is 13.5. The maximum atomic E-state index is 13.0. The number of aromatic hydroxyl groups is 2. The van der Waals surface area contributed by atoms with Gasteiger partial charge in [-0.05, 0) is 42.0 Å². The van der Waals surface area contributed by atoms with Crippen molar-refractivity contribution in [2.24, 2.45) is 0 Å². The Morgan fingerprint density at radius 3 is 2.00 bits per heavy atom. The molecule has 0 amide bonds. The lowest BCUT2D eigenvalue weighted by Crippen LogP contribution is -2.38. The first kappa shape index (κ1) is 22.0. The fourth-order valence-electron chi connectivity index (χ4n) is 3.19. The van der Waals surface area contributed by atoms with Gasteiger partial charge < -0.3 is 10.2 Å². The topological polar surface area (TPSA) is 94.8 Å². The molecule has 0 aromatic heterocycles. The van der Waals surface area contributed by atoms with E-state index in [1.807, 2.05) is 0 Å². The average Bonchev–Trinajstić information content (AvgIpc) is 2.61. The van der Waals surface area contributed by atoms with Crippen molar-refractivity contribution < 1.29 is 23.2 Å². The molecule has 29 heavy (non-hydrogen) atoms. The van der Waals surface area contributed by atoms with Gasteiger partial charge in [0.15, 0.2) is 4.75 Å². The van der Waals surface area contributed by atoms with Crippen LogP contribution in [0.2, 0.25) is 20.1 Å². The lowest BCUT2D eigenvalue weighted by atomic mass is 9.83. The summed E-state index contributed by atoms with van der Waals surface area (Å²) in [6, 6.07) is 11.5. The highest BCUT2D eigenvalue weighted by molar-refractivity contribution is 7.87. The van der Waals surface area contributed by atoms with Crippen molar-refractivity contribution in [2.45, 2.75) is 4.75 Å². The van der Waals surface area contributed by atoms with Gasteiger partial charge in [-0.1, -0.05) is 58.5 Å². The molecule has 0 saturated carbocycles. The third-order valence-electron chi connectivity index (χ3n) is 4.37. The first-order valence-corrected chi connectivity index (χ1v) is 10.8. The number of phenolic OH excluding ortho intramolecular Hbond substituents is 2. The normalized spacial score (nSPS) is 13.8. The Kier molecular flexibility index (Phi) is 5.98. The maximum Gasteiger partial charge on any atom is 0.283 e. The number of rotatable bonds is 4. The highest BCUT2D eigenvalue weighted by atomic mass is 35.5. The molecule has 3 N–H and O–H groups in total. The van der Waals surface area contributed by atoms with Crippen molar-refractivity contribution in [2.75, 3.05) is 0 Å². The Morgan fingerprint density at radius 1 is 0.724 bits per heavy atom. The molecule has 0 heterocycles. The summed E-state index contributed by atoms with van der Waals surface area (Å²) < 4.78 is 34.0. The highest BCUT2D eigenvalue weighted by Gasteiger charge is 2.51. The number of hydrogen-bond acceptors (Lipinski definition) is 4. The van der Waals surface area contributed by atoms with Crippen molar-refractivity contribution in [3.63, 3.8) is 0 Å². The van der Waals surface area contributed by atoms with Gasteiger partial charge in [-0.25, -0.2) is 0 Å². The summed E-state index contributed by atoms with van der Waals surface area (Å²) in [6.07, 6.45) is 0. The standard InChI is InChI=1S/C19H12Cl4O5S/c20-11-3-1-2-10(6-11)19(29(26,27)28,14-7-12(21)4-5-17(14)24)13-8-16(23)18(25)9-15(13)22/h1-9,24-25H,(H,26,27,28). The summed E-state index contributed by atoms with van der Waals surface area (Å²) in [6.45, 7) is 0. The second-order valence-electron chi connectivity index (χ2n) is 6.11. The molecule has 0 aliphatic carbocycles. The van der Waals surface area contributed by atoms with E-state index in [1.54, 1.807) is 0 Å². The van der Waals surface area contributed by atoms with Crippen LogP contribution in [-0.2, 0) is 14.9 Å². The van der Waals surface area contributed by atoms with Gasteiger partial charge in [0.1, 0.15) is 11.5 Å². The van der Waals surface area contributed by atoms with Gasteiger partial charge in [0.2, 0.25) is 0 Å². The van der Waals surface area contributed by atoms with Gasteiger partial charge in [-0.3, -0.25) is 4.55 Å². The van der Waals surface area contributed by atoms with Crippen molar-refractivity contribution in [3.8, 4) is 11.5 Å². The zero-order chi connectivity index (χ0) is 21.6. The van der Waals surface area contributed by atoms with Crippen LogP contribution in [0.25, 0.3) is 0 Å². The Hall–Kier alpha value is -1.67. The van der Waals surface area contributed by atoms with E-state index in [1.165, 1.54) is 42.5 Å². The van der Waals surface area contributed by atoms with Crippen LogP contribution in [0.1, 0.15) is 16.7 Å². The molecule has 3 rings (SSSR count). The second-order valence-corrected chi connectivity index (χ2v) is 9.36. The van der Waals surface area contributed by atoms with Gasteiger partial charge in [-0.2, -0.15) is 8.42 Å². The lowest BCUT2D eigenvalue weighted by Gasteiger charge is -2.34. The molecular weight excluding hydrogens is 482 g/mol. The molecule has 0 aliphatic rings. The van der Waals surface area contributed by atoms with Gasteiger partial charge >= 0.3 is 0 Å². The van der Waals surface area contributed by atoms with E-state index in [0.29, 0.717) is 0 Å². The molecule has 0 spiro atoms. The molecule has 10 heteroatoms. The largest absolute Gasteiger partial charge is 0.508 e. The first-order valence-electron chi connectivity index (χ1n) is 7.89. The van der Waals surface area contributed by atoms with E-state index >= 15 is 0 Å². The molecule has 0 radical (unpaired) electrons. The second kappa shape index (κ2) is 7.87. The van der Waals surface area contributed by atoms with Crippen molar-refractivity contribution in [1.82, 2.24) is 0 Å². The molecule has 0 saturated heterocycles. The van der Waals surface area contributed by atoms with Crippen molar-refractivity contribution in [1.29, 1.82) is 0 Å². The quantitative estimate of drug-likeness (QED) is 0.311. The molecule has 1 unspecified atom stereocenters. The minimum absolute atomic E-state index is 0.0336. The van der Waals surface area contributed by atoms with Crippen molar-refractivity contribution in [3.05, 3.63) is 91.4 Å². The lowest BCUT2D eigenvalue weighted by molar-refractivity contribution is 0.440. The van der Waals surface area contributed by atoms with Crippen LogP contribution in [0.3, 0.4) is 0 Å². The summed E-state index contributed by atoms with van der Waals surface area (Å²) in [5.74, 6) is -0.877. The van der Waals surface area contributed by atoms with E-state index < -0.39 is 26.4 Å². The van der Waals surface area contributed by atoms with Crippen LogP contribution >= 0.6 is 46.4 Å². The van der Waals surface area contributed by atoms with Gasteiger partial charge in [0.25, 0.3) is 10.1 Å². The molecule has 0 aliphatic heterocycles. The smallest absolute Gasteiger partial charge is 0.283 e.